The Labute approximate surface area is 188 Å². The lowest BCUT2D eigenvalue weighted by Gasteiger charge is -2.27. The van der Waals surface area contributed by atoms with Gasteiger partial charge in [0.05, 0.1) is 12.7 Å². The average Bonchev–Trinajstić information content (AvgIpc) is 2.76. The fraction of sp³-hybridized carbons (Fsp3) is 0.227. The number of methoxy groups -OCH3 is 1. The molecule has 1 amide bonds. The minimum Gasteiger partial charge on any atom is -0.493 e. The number of aromatic amines is 1. The predicted molar refractivity (Wildman–Crippen MR) is 121 cm³/mol. The molecule has 0 saturated heterocycles. The molecule has 2 aromatic carbocycles. The van der Waals surface area contributed by atoms with Gasteiger partial charge in [-0.15, -0.1) is 0 Å². The monoisotopic (exact) mass is 457 g/mol. The van der Waals surface area contributed by atoms with Crippen LogP contribution in [0, 0.1) is 4.77 Å². The summed E-state index contributed by atoms with van der Waals surface area (Å²) < 4.78 is 13.3. The minimum absolute atomic E-state index is 0.140. The lowest BCUT2D eigenvalue weighted by molar-refractivity contribution is -0.116. The number of ether oxygens (including phenoxy) is 2. The van der Waals surface area contributed by atoms with Gasteiger partial charge in [-0.1, -0.05) is 29.8 Å². The van der Waals surface area contributed by atoms with Gasteiger partial charge in [0.1, 0.15) is 12.4 Å². The quantitative estimate of drug-likeness (QED) is 0.562. The first-order valence-electron chi connectivity index (χ1n) is 9.55. The molecular formula is C22H20ClN3O4S. The van der Waals surface area contributed by atoms with Crippen LogP contribution in [0.4, 0.5) is 5.82 Å². The Morgan fingerprint density at radius 3 is 2.61 bits per heavy atom. The Kier molecular flexibility index (Phi) is 5.84. The summed E-state index contributed by atoms with van der Waals surface area (Å²) in [7, 11) is 3.25. The Morgan fingerprint density at radius 1 is 1.16 bits per heavy atom. The molecule has 0 bridgehead atoms. The number of halogens is 1. The Morgan fingerprint density at radius 2 is 1.90 bits per heavy atom. The van der Waals surface area contributed by atoms with Crippen LogP contribution in [0.1, 0.15) is 29.0 Å². The van der Waals surface area contributed by atoms with E-state index in [1.54, 1.807) is 43.0 Å². The molecule has 1 aliphatic heterocycles. The summed E-state index contributed by atoms with van der Waals surface area (Å²) >= 11 is 11.1. The molecule has 160 valence electrons. The number of fused-ring (bicyclic) bond motifs is 1. The van der Waals surface area contributed by atoms with E-state index in [9.17, 15) is 9.59 Å². The Balaban J connectivity index is 1.68. The molecule has 1 aromatic heterocycles. The number of carbonyl (C=O) groups excluding carboxylic acids is 1. The van der Waals surface area contributed by atoms with Gasteiger partial charge >= 0.3 is 0 Å². The van der Waals surface area contributed by atoms with Crippen molar-refractivity contribution >= 4 is 35.5 Å². The van der Waals surface area contributed by atoms with Crippen LogP contribution in [-0.2, 0) is 18.4 Å². The molecule has 0 fully saturated rings. The van der Waals surface area contributed by atoms with Crippen LogP contribution in [0.25, 0.3) is 0 Å². The first-order chi connectivity index (χ1) is 14.9. The van der Waals surface area contributed by atoms with Gasteiger partial charge in [-0.2, -0.15) is 0 Å². The van der Waals surface area contributed by atoms with Gasteiger partial charge in [-0.25, -0.2) is 0 Å². The van der Waals surface area contributed by atoms with Crippen molar-refractivity contribution in [2.45, 2.75) is 18.9 Å². The first kappa shape index (κ1) is 21.1. The SMILES string of the molecule is COc1cc(C2CC(=O)Nc3c2c(=O)[nH]c(=S)n3C)ccc1OCc1ccc(Cl)cc1. The number of aromatic nitrogens is 2. The van der Waals surface area contributed by atoms with E-state index in [1.165, 1.54) is 0 Å². The third-order valence-corrected chi connectivity index (χ3v) is 5.88. The highest BCUT2D eigenvalue weighted by molar-refractivity contribution is 7.71. The van der Waals surface area contributed by atoms with E-state index < -0.39 is 5.92 Å². The molecule has 31 heavy (non-hydrogen) atoms. The molecule has 0 aliphatic carbocycles. The van der Waals surface area contributed by atoms with Crippen molar-refractivity contribution in [3.05, 3.63) is 79.3 Å². The molecule has 2 heterocycles. The highest BCUT2D eigenvalue weighted by atomic mass is 35.5. The zero-order valence-electron chi connectivity index (χ0n) is 16.9. The predicted octanol–water partition coefficient (Wildman–Crippen LogP) is 4.16. The number of rotatable bonds is 5. The van der Waals surface area contributed by atoms with Crippen LogP contribution >= 0.6 is 23.8 Å². The third kappa shape index (κ3) is 4.22. The van der Waals surface area contributed by atoms with Gasteiger partial charge < -0.3 is 19.4 Å². The van der Waals surface area contributed by atoms with Crippen LogP contribution in [0.3, 0.4) is 0 Å². The van der Waals surface area contributed by atoms with Gasteiger partial charge in [-0.05, 0) is 47.6 Å². The van der Waals surface area contributed by atoms with Crippen molar-refractivity contribution in [1.82, 2.24) is 9.55 Å². The summed E-state index contributed by atoms with van der Waals surface area (Å²) in [5.41, 5.74) is 1.89. The summed E-state index contributed by atoms with van der Waals surface area (Å²) in [4.78, 5) is 27.7. The number of carbonyl (C=O) groups is 1. The Bertz CT molecular complexity index is 1270. The topological polar surface area (TPSA) is 85.4 Å². The minimum atomic E-state index is -0.437. The lowest BCUT2D eigenvalue weighted by atomic mass is 9.86. The molecule has 7 nitrogen and oxygen atoms in total. The average molecular weight is 458 g/mol. The first-order valence-corrected chi connectivity index (χ1v) is 10.3. The van der Waals surface area contributed by atoms with Crippen molar-refractivity contribution in [3.8, 4) is 11.5 Å². The summed E-state index contributed by atoms with van der Waals surface area (Å²) in [6, 6.07) is 12.8. The molecule has 1 atom stereocenters. The Hall–Kier alpha value is -3.10. The zero-order valence-corrected chi connectivity index (χ0v) is 18.5. The second kappa shape index (κ2) is 8.56. The van der Waals surface area contributed by atoms with Gasteiger partial charge in [0.2, 0.25) is 5.91 Å². The number of nitrogens with zero attached hydrogens (tertiary/aromatic N) is 1. The summed E-state index contributed by atoms with van der Waals surface area (Å²) in [6.07, 6.45) is 0.140. The van der Waals surface area contributed by atoms with Crippen LogP contribution in [0.15, 0.2) is 47.3 Å². The van der Waals surface area contributed by atoms with E-state index in [4.69, 9.17) is 33.3 Å². The van der Waals surface area contributed by atoms with E-state index >= 15 is 0 Å². The maximum Gasteiger partial charge on any atom is 0.257 e. The molecule has 0 radical (unpaired) electrons. The number of anilines is 1. The van der Waals surface area contributed by atoms with Crippen LogP contribution < -0.4 is 20.3 Å². The molecule has 2 N–H and O–H groups in total. The number of hydrogen-bond acceptors (Lipinski definition) is 5. The van der Waals surface area contributed by atoms with Crippen molar-refractivity contribution in [2.24, 2.45) is 7.05 Å². The van der Waals surface area contributed by atoms with Gasteiger partial charge in [-0.3, -0.25) is 14.6 Å². The van der Waals surface area contributed by atoms with E-state index in [1.807, 2.05) is 18.2 Å². The highest BCUT2D eigenvalue weighted by Crippen LogP contribution is 2.38. The van der Waals surface area contributed by atoms with Crippen LogP contribution in [0.2, 0.25) is 5.02 Å². The van der Waals surface area contributed by atoms with Gasteiger partial charge in [0.15, 0.2) is 16.3 Å². The zero-order chi connectivity index (χ0) is 22.1. The summed E-state index contributed by atoms with van der Waals surface area (Å²) in [5.74, 6) is 0.863. The van der Waals surface area contributed by atoms with Crippen molar-refractivity contribution in [1.29, 1.82) is 0 Å². The van der Waals surface area contributed by atoms with Gasteiger partial charge in [0.25, 0.3) is 5.56 Å². The third-order valence-electron chi connectivity index (χ3n) is 5.25. The maximum atomic E-state index is 12.7. The molecule has 0 spiro atoms. The van der Waals surface area contributed by atoms with E-state index in [0.717, 1.165) is 11.1 Å². The van der Waals surface area contributed by atoms with Crippen molar-refractivity contribution < 1.29 is 14.3 Å². The van der Waals surface area contributed by atoms with E-state index in [0.29, 0.717) is 34.5 Å². The second-order valence-electron chi connectivity index (χ2n) is 7.21. The van der Waals surface area contributed by atoms with Crippen molar-refractivity contribution in [2.75, 3.05) is 12.4 Å². The molecule has 3 aromatic rings. The fourth-order valence-electron chi connectivity index (χ4n) is 3.63. The highest BCUT2D eigenvalue weighted by Gasteiger charge is 2.31. The fourth-order valence-corrected chi connectivity index (χ4v) is 3.94. The summed E-state index contributed by atoms with van der Waals surface area (Å²) in [6.45, 7) is 0.346. The van der Waals surface area contributed by atoms with E-state index in [2.05, 4.69) is 10.3 Å². The van der Waals surface area contributed by atoms with Crippen molar-refractivity contribution in [3.63, 3.8) is 0 Å². The normalized spacial score (nSPS) is 15.2. The molecule has 1 unspecified atom stereocenters. The van der Waals surface area contributed by atoms with Gasteiger partial charge in [0, 0.05) is 24.4 Å². The largest absolute Gasteiger partial charge is 0.493 e. The van der Waals surface area contributed by atoms with E-state index in [-0.39, 0.29) is 22.7 Å². The molecule has 1 aliphatic rings. The number of nitrogens with one attached hydrogen (secondary N) is 2. The number of amides is 1. The molecule has 0 saturated carbocycles. The van der Waals surface area contributed by atoms with Crippen LogP contribution in [-0.4, -0.2) is 22.6 Å². The number of hydrogen-bond donors (Lipinski definition) is 2. The standard InChI is InChI=1S/C22H20ClN3O4S/c1-26-20-19(21(28)25-22(26)31)15(10-18(27)24-20)13-5-8-16(17(9-13)29-2)30-11-12-3-6-14(23)7-4-12/h3-9,15H,10-11H2,1-2H3,(H,24,27)(H,25,28,31). The molecule has 4 rings (SSSR count). The smallest absolute Gasteiger partial charge is 0.257 e. The summed E-state index contributed by atoms with van der Waals surface area (Å²) in [5, 5.41) is 3.43. The number of benzene rings is 2. The second-order valence-corrected chi connectivity index (χ2v) is 8.03. The lowest BCUT2D eigenvalue weighted by Crippen LogP contribution is -2.33. The number of H-pyrrole nitrogens is 1. The van der Waals surface area contributed by atoms with Crippen LogP contribution in [0.5, 0.6) is 11.5 Å². The molecule has 9 heteroatoms. The maximum absolute atomic E-state index is 12.7. The molecular weight excluding hydrogens is 438 g/mol.